The van der Waals surface area contributed by atoms with Crippen LogP contribution < -0.4 is 35.2 Å². The molecule has 4 heteroatoms. The fourth-order valence-electron chi connectivity index (χ4n) is 4.65. The van der Waals surface area contributed by atoms with Gasteiger partial charge in [-0.2, -0.15) is 6.08 Å². The molecule has 6 rings (SSSR count). The van der Waals surface area contributed by atoms with Gasteiger partial charge in [0, 0.05) is 0 Å². The van der Waals surface area contributed by atoms with Crippen LogP contribution in [0.2, 0.25) is 0 Å². The Morgan fingerprint density at radius 2 is 1.07 bits per heavy atom. The van der Waals surface area contributed by atoms with Gasteiger partial charge in [0.1, 0.15) is 0 Å². The quantitative estimate of drug-likeness (QED) is 0.198. The van der Waals surface area contributed by atoms with Crippen LogP contribution in [0.25, 0.3) is 21.5 Å². The van der Waals surface area contributed by atoms with Crippen molar-refractivity contribution in [2.24, 2.45) is 0 Å². The van der Waals surface area contributed by atoms with E-state index in [1.54, 1.807) is 23.3 Å². The van der Waals surface area contributed by atoms with Gasteiger partial charge in [-0.25, -0.2) is 12.2 Å². The van der Waals surface area contributed by atoms with Crippen LogP contribution in [0.5, 0.6) is 0 Å². The van der Waals surface area contributed by atoms with Gasteiger partial charge in [-0.05, 0) is 10.8 Å². The van der Waals surface area contributed by atoms with Gasteiger partial charge in [0.15, 0.2) is 0 Å². The number of benzene rings is 4. The van der Waals surface area contributed by atoms with E-state index in [0.29, 0.717) is 0 Å². The number of fused-ring (bicyclic) bond motifs is 3. The van der Waals surface area contributed by atoms with Gasteiger partial charge in [-0.1, -0.05) is 76.9 Å². The van der Waals surface area contributed by atoms with Gasteiger partial charge in [-0.15, -0.1) is 46.2 Å². The molecule has 0 bridgehead atoms. The Kier molecular flexibility index (Phi) is 13.9. The van der Waals surface area contributed by atoms with Crippen molar-refractivity contribution in [2.75, 3.05) is 0 Å². The Bertz CT molecular complexity index is 1510. The summed E-state index contributed by atoms with van der Waals surface area (Å²) >= 11 is 1.64. The molecule has 0 fully saturated rings. The van der Waals surface area contributed by atoms with Crippen LogP contribution in [0, 0.1) is 6.08 Å². The number of rotatable bonds is 2. The van der Waals surface area contributed by atoms with Gasteiger partial charge in [0.05, 0.1) is 0 Å². The van der Waals surface area contributed by atoms with Crippen molar-refractivity contribution in [3.8, 4) is 0 Å². The second kappa shape index (κ2) is 16.1. The zero-order valence-electron chi connectivity index (χ0n) is 25.5. The second-order valence-electron chi connectivity index (χ2n) is 12.4. The van der Waals surface area contributed by atoms with Crippen LogP contribution in [-0.4, -0.2) is 5.43 Å². The fourth-order valence-corrected chi connectivity index (χ4v) is 8.49. The molecule has 0 atom stereocenters. The van der Waals surface area contributed by atoms with Crippen LogP contribution in [0.1, 0.15) is 59.1 Å². The van der Waals surface area contributed by atoms with E-state index < -0.39 is 5.43 Å². The zero-order chi connectivity index (χ0) is 28.8. The molecule has 0 saturated carbocycles. The normalized spacial score (nSPS) is 12.0. The predicted octanol–water partition coefficient (Wildman–Crippen LogP) is 2.96. The summed E-state index contributed by atoms with van der Waals surface area (Å²) in [7, 11) is 0. The van der Waals surface area contributed by atoms with Crippen LogP contribution in [0.3, 0.4) is 0 Å². The molecular formula is C38H40Cl2SiZr-2. The first kappa shape index (κ1) is 36.1. The fraction of sp³-hybridized carbons (Fsp3) is 0.237. The summed E-state index contributed by atoms with van der Waals surface area (Å²) in [6.07, 6.45) is 10.0. The maximum atomic E-state index is 2.99. The summed E-state index contributed by atoms with van der Waals surface area (Å²) in [5.74, 6) is 0. The molecule has 0 radical (unpaired) electrons. The summed E-state index contributed by atoms with van der Waals surface area (Å²) in [5, 5.41) is 8.52. The molecule has 5 aromatic rings. The van der Waals surface area contributed by atoms with Gasteiger partial charge in [-0.3, -0.25) is 6.08 Å². The van der Waals surface area contributed by atoms with Gasteiger partial charge >= 0.3 is 99.8 Å². The molecule has 1 aliphatic carbocycles. The standard InChI is InChI=1S/C21H25.C12H10Si.C5H5.2ClH.Zr/c1-20(2,3)16-9-7-14-11-15-8-10-17(21(4,5)6)13-19(15)18(14)12-16;1-3-7-11(8-4-1)13-12-9-5-2-6-10-12;1-2-4-5-3-1;;;/h7-13H,1-6H3;1-10H;1-3H,4H2;2*1H;/q-1;;-1;;;+2/p-2. The molecule has 42 heavy (non-hydrogen) atoms. The molecule has 5 aromatic carbocycles. The topological polar surface area (TPSA) is 0 Å². The Labute approximate surface area is 280 Å². The van der Waals surface area contributed by atoms with Crippen LogP contribution >= 0.6 is 0 Å². The number of allylic oxidation sites excluding steroid dienone is 4. The molecule has 0 amide bonds. The van der Waals surface area contributed by atoms with E-state index in [1.807, 2.05) is 12.2 Å². The number of halogens is 2. The summed E-state index contributed by atoms with van der Waals surface area (Å²) in [5.41, 5.74) is 2.75. The predicted molar refractivity (Wildman–Crippen MR) is 174 cm³/mol. The summed E-state index contributed by atoms with van der Waals surface area (Å²) in [4.78, 5) is 0. The molecule has 0 heterocycles. The van der Waals surface area contributed by atoms with E-state index in [-0.39, 0.29) is 35.6 Å². The first-order valence-electron chi connectivity index (χ1n) is 14.1. The summed E-state index contributed by atoms with van der Waals surface area (Å²) < 4.78 is 0. The van der Waals surface area contributed by atoms with Crippen molar-refractivity contribution in [2.45, 2.75) is 58.8 Å². The average molecular weight is 687 g/mol. The minimum atomic E-state index is -0.455. The van der Waals surface area contributed by atoms with Crippen molar-refractivity contribution < 1.29 is 48.1 Å². The summed E-state index contributed by atoms with van der Waals surface area (Å²) in [6.45, 7) is 13.7. The molecule has 0 N–H and O–H groups in total. The SMILES string of the molecule is CC(C)(C)c1ccc2[cH-]c3ccc(C(C)(C)C)cc3c2c1.[C-]1=CC=CC1.[Cl-].[Cl-].[Zr+2]=[Si](c1ccccc1)c1ccccc1. The first-order chi connectivity index (χ1) is 19.0. The zero-order valence-corrected chi connectivity index (χ0v) is 30.5. The molecule has 0 saturated heterocycles. The van der Waals surface area contributed by atoms with Crippen LogP contribution in [-0.2, 0) is 34.2 Å². The van der Waals surface area contributed by atoms with E-state index in [4.69, 9.17) is 0 Å². The molecule has 0 nitrogen and oxygen atoms in total. The second-order valence-corrected chi connectivity index (χ2v) is 18.0. The molecule has 0 spiro atoms. The van der Waals surface area contributed by atoms with E-state index >= 15 is 0 Å². The maximum absolute atomic E-state index is 2.99. The third kappa shape index (κ3) is 9.72. The molecule has 0 aromatic heterocycles. The van der Waals surface area contributed by atoms with E-state index in [2.05, 4.69) is 157 Å². The monoisotopic (exact) mass is 684 g/mol. The average Bonchev–Trinajstić information content (AvgIpc) is 3.64. The van der Waals surface area contributed by atoms with E-state index in [9.17, 15) is 0 Å². The van der Waals surface area contributed by atoms with Gasteiger partial charge < -0.3 is 24.8 Å². The van der Waals surface area contributed by atoms with Crippen molar-refractivity contribution in [1.29, 1.82) is 0 Å². The van der Waals surface area contributed by atoms with E-state index in [1.165, 1.54) is 43.0 Å². The van der Waals surface area contributed by atoms with Crippen molar-refractivity contribution >= 4 is 37.4 Å². The first-order valence-corrected chi connectivity index (χ1v) is 19.3. The third-order valence-electron chi connectivity index (χ3n) is 7.15. The van der Waals surface area contributed by atoms with Crippen molar-refractivity contribution in [3.63, 3.8) is 0 Å². The molecular weight excluding hydrogens is 647 g/mol. The molecule has 0 unspecified atom stereocenters. The molecule has 0 aliphatic heterocycles. The molecule has 216 valence electrons. The Morgan fingerprint density at radius 3 is 1.38 bits per heavy atom. The molecule has 1 aliphatic rings. The van der Waals surface area contributed by atoms with Crippen molar-refractivity contribution in [1.82, 2.24) is 0 Å². The van der Waals surface area contributed by atoms with Gasteiger partial charge in [0.25, 0.3) is 0 Å². The van der Waals surface area contributed by atoms with Crippen LogP contribution in [0.4, 0.5) is 0 Å². The van der Waals surface area contributed by atoms with Crippen LogP contribution in [0.15, 0.2) is 121 Å². The Balaban J connectivity index is 0.000000253. The van der Waals surface area contributed by atoms with E-state index in [0.717, 1.165) is 6.42 Å². The Morgan fingerprint density at radius 1 is 0.643 bits per heavy atom. The van der Waals surface area contributed by atoms with Crippen molar-refractivity contribution in [3.05, 3.63) is 139 Å². The minimum absolute atomic E-state index is 0. The third-order valence-corrected chi connectivity index (χ3v) is 13.2. The Hall–Kier alpha value is -2.09. The van der Waals surface area contributed by atoms with Gasteiger partial charge in [0.2, 0.25) is 0 Å². The summed E-state index contributed by atoms with van der Waals surface area (Å²) in [6, 6.07) is 37.8. The number of hydrogen-bond donors (Lipinski definition) is 0. The number of hydrogen-bond acceptors (Lipinski definition) is 0.